The van der Waals surface area contributed by atoms with Crippen LogP contribution in [-0.4, -0.2) is 44.6 Å². The van der Waals surface area contributed by atoms with Crippen molar-refractivity contribution in [2.24, 2.45) is 0 Å². The fourth-order valence-corrected chi connectivity index (χ4v) is 5.36. The van der Waals surface area contributed by atoms with Gasteiger partial charge >= 0.3 is 0 Å². The lowest BCUT2D eigenvalue weighted by Gasteiger charge is -2.23. The second-order valence-electron chi connectivity index (χ2n) is 7.59. The van der Waals surface area contributed by atoms with Gasteiger partial charge in [0.25, 0.3) is 10.0 Å². The van der Waals surface area contributed by atoms with Crippen molar-refractivity contribution in [3.05, 3.63) is 65.7 Å². The molecule has 2 N–H and O–H groups in total. The molecule has 34 heavy (non-hydrogen) atoms. The largest absolute Gasteiger partial charge is 0.368 e. The van der Waals surface area contributed by atoms with Gasteiger partial charge in [-0.25, -0.2) is 18.7 Å². The van der Waals surface area contributed by atoms with Crippen LogP contribution < -0.4 is 19.4 Å². The Kier molecular flexibility index (Phi) is 7.08. The van der Waals surface area contributed by atoms with Crippen molar-refractivity contribution in [3.8, 4) is 0 Å². The Bertz CT molecular complexity index is 1300. The predicted octanol–water partition coefficient (Wildman–Crippen LogP) is 4.30. The molecule has 8 nitrogen and oxygen atoms in total. The van der Waals surface area contributed by atoms with Crippen molar-refractivity contribution in [1.29, 1.82) is 0 Å². The topological polar surface area (TPSA) is 90.5 Å². The number of hydrogen-bond acceptors (Lipinski definition) is 7. The standard InChI is InChI=1S/C21H20Cl2F2N6O2S/c1-26-14-4-5-30(11-14)20-6-13(24)2-3-18(20)29-19-8-17(25)21(7-16(19)22)34(32,33)31(23)15-9-27-12-28-10-15/h2-3,6-10,12,14,26,29H,4-5,11H2,1H3. The molecule has 1 fully saturated rings. The monoisotopic (exact) mass is 528 g/mol. The number of hydrogen-bond donors (Lipinski definition) is 2. The van der Waals surface area contributed by atoms with Gasteiger partial charge in [0, 0.05) is 37.0 Å². The minimum Gasteiger partial charge on any atom is -0.368 e. The molecule has 1 aromatic heterocycles. The van der Waals surface area contributed by atoms with Gasteiger partial charge < -0.3 is 15.5 Å². The Morgan fingerprint density at radius 1 is 1.15 bits per heavy atom. The van der Waals surface area contributed by atoms with Crippen LogP contribution in [0.1, 0.15) is 6.42 Å². The summed E-state index contributed by atoms with van der Waals surface area (Å²) in [6.07, 6.45) is 4.42. The van der Waals surface area contributed by atoms with Crippen molar-refractivity contribution in [1.82, 2.24) is 15.3 Å². The molecule has 0 saturated carbocycles. The van der Waals surface area contributed by atoms with Gasteiger partial charge in [-0.1, -0.05) is 11.6 Å². The van der Waals surface area contributed by atoms with Gasteiger partial charge in [0.2, 0.25) is 0 Å². The molecule has 1 aliphatic rings. The lowest BCUT2D eigenvalue weighted by atomic mass is 10.2. The van der Waals surface area contributed by atoms with Crippen LogP contribution in [0.5, 0.6) is 0 Å². The maximum atomic E-state index is 15.0. The van der Waals surface area contributed by atoms with E-state index in [9.17, 15) is 17.2 Å². The van der Waals surface area contributed by atoms with E-state index in [1.807, 2.05) is 11.9 Å². The maximum absolute atomic E-state index is 15.0. The van der Waals surface area contributed by atoms with Crippen LogP contribution in [0.2, 0.25) is 5.02 Å². The highest BCUT2D eigenvalue weighted by Gasteiger charge is 2.29. The Morgan fingerprint density at radius 2 is 1.88 bits per heavy atom. The van der Waals surface area contributed by atoms with E-state index in [0.717, 1.165) is 18.6 Å². The van der Waals surface area contributed by atoms with E-state index in [0.29, 0.717) is 28.3 Å². The van der Waals surface area contributed by atoms with Crippen LogP contribution in [0.3, 0.4) is 0 Å². The van der Waals surface area contributed by atoms with Crippen molar-refractivity contribution in [2.75, 3.05) is 34.2 Å². The molecule has 13 heteroatoms. The van der Waals surface area contributed by atoms with Crippen LogP contribution >= 0.6 is 23.4 Å². The quantitative estimate of drug-likeness (QED) is 0.441. The van der Waals surface area contributed by atoms with E-state index in [-0.39, 0.29) is 22.4 Å². The Balaban J connectivity index is 1.65. The number of anilines is 4. The summed E-state index contributed by atoms with van der Waals surface area (Å²) in [6.45, 7) is 1.38. The van der Waals surface area contributed by atoms with Gasteiger partial charge in [0.1, 0.15) is 28.5 Å². The molecule has 2 heterocycles. The number of rotatable bonds is 7. The van der Waals surface area contributed by atoms with Gasteiger partial charge in [-0.2, -0.15) is 12.2 Å². The highest BCUT2D eigenvalue weighted by Crippen LogP contribution is 2.37. The molecule has 180 valence electrons. The van der Waals surface area contributed by atoms with E-state index < -0.39 is 26.6 Å². The summed E-state index contributed by atoms with van der Waals surface area (Å²) < 4.78 is 55.1. The van der Waals surface area contributed by atoms with Gasteiger partial charge in [0.15, 0.2) is 0 Å². The molecule has 0 spiro atoms. The van der Waals surface area contributed by atoms with E-state index in [1.165, 1.54) is 36.9 Å². The van der Waals surface area contributed by atoms with Crippen molar-refractivity contribution in [2.45, 2.75) is 17.4 Å². The van der Waals surface area contributed by atoms with Gasteiger partial charge in [0.05, 0.1) is 34.5 Å². The predicted molar refractivity (Wildman–Crippen MR) is 128 cm³/mol. The van der Waals surface area contributed by atoms with Crippen molar-refractivity contribution in [3.63, 3.8) is 0 Å². The summed E-state index contributed by atoms with van der Waals surface area (Å²) >= 11 is 12.3. The summed E-state index contributed by atoms with van der Waals surface area (Å²) in [5.74, 6) is -1.49. The van der Waals surface area contributed by atoms with Crippen LogP contribution in [0.4, 0.5) is 31.5 Å². The molecule has 0 aliphatic carbocycles. The Morgan fingerprint density at radius 3 is 2.56 bits per heavy atom. The van der Waals surface area contributed by atoms with E-state index in [4.69, 9.17) is 23.4 Å². The fourth-order valence-electron chi connectivity index (χ4n) is 3.66. The summed E-state index contributed by atoms with van der Waals surface area (Å²) in [5, 5.41) is 6.13. The average molecular weight is 529 g/mol. The van der Waals surface area contributed by atoms with Crippen LogP contribution in [0.25, 0.3) is 0 Å². The van der Waals surface area contributed by atoms with E-state index in [1.54, 1.807) is 0 Å². The van der Waals surface area contributed by atoms with Crippen molar-refractivity contribution < 1.29 is 17.2 Å². The minimum absolute atomic E-state index is 0.0664. The SMILES string of the molecule is CNC1CCN(c2cc(F)ccc2Nc2cc(F)c(S(=O)(=O)N(Cl)c3cncnc3)cc2Cl)C1. The molecule has 1 unspecified atom stereocenters. The van der Waals surface area contributed by atoms with Crippen molar-refractivity contribution >= 4 is 56.2 Å². The molecule has 1 aliphatic heterocycles. The summed E-state index contributed by atoms with van der Waals surface area (Å²) in [7, 11) is -2.64. The smallest absolute Gasteiger partial charge is 0.281 e. The molecule has 0 bridgehead atoms. The number of benzene rings is 2. The van der Waals surface area contributed by atoms with E-state index in [2.05, 4.69) is 20.6 Å². The zero-order valence-electron chi connectivity index (χ0n) is 17.8. The summed E-state index contributed by atoms with van der Waals surface area (Å²) in [5.41, 5.74) is 1.13. The highest BCUT2D eigenvalue weighted by molar-refractivity contribution is 7.94. The van der Waals surface area contributed by atoms with Gasteiger partial charge in [-0.15, -0.1) is 0 Å². The third-order valence-corrected chi connectivity index (χ3v) is 7.98. The highest BCUT2D eigenvalue weighted by atomic mass is 35.5. The van der Waals surface area contributed by atoms with Crippen LogP contribution in [0, 0.1) is 11.6 Å². The van der Waals surface area contributed by atoms with Gasteiger partial charge in [-0.05, 0) is 37.7 Å². The molecule has 1 atom stereocenters. The first kappa shape index (κ1) is 24.4. The normalized spacial score (nSPS) is 16.0. The number of likely N-dealkylation sites (N-methyl/N-ethyl adjacent to an activating group) is 1. The molecular formula is C21H20Cl2F2N6O2S. The Hall–Kier alpha value is -2.73. The molecule has 4 rings (SSSR count). The third-order valence-electron chi connectivity index (χ3n) is 5.43. The summed E-state index contributed by atoms with van der Waals surface area (Å²) in [4.78, 5) is 8.69. The number of halogens is 4. The molecule has 0 radical (unpaired) electrons. The minimum atomic E-state index is -4.50. The van der Waals surface area contributed by atoms with Crippen LogP contribution in [0.15, 0.2) is 53.9 Å². The molecule has 0 amide bonds. The molecular weight excluding hydrogens is 509 g/mol. The number of nitrogens with one attached hydrogen (secondary N) is 2. The average Bonchev–Trinajstić information content (AvgIpc) is 3.31. The molecule has 3 aromatic rings. The van der Waals surface area contributed by atoms with Gasteiger partial charge in [-0.3, -0.25) is 0 Å². The Labute approximate surface area is 205 Å². The lowest BCUT2D eigenvalue weighted by molar-refractivity contribution is 0.568. The lowest BCUT2D eigenvalue weighted by Crippen LogP contribution is -2.29. The first-order chi connectivity index (χ1) is 16.2. The zero-order valence-corrected chi connectivity index (χ0v) is 20.2. The number of nitrogens with zero attached hydrogens (tertiary/aromatic N) is 4. The first-order valence-electron chi connectivity index (χ1n) is 10.1. The second-order valence-corrected chi connectivity index (χ2v) is 10.3. The van der Waals surface area contributed by atoms with E-state index >= 15 is 0 Å². The third kappa shape index (κ3) is 4.88. The number of aromatic nitrogens is 2. The number of sulfonamides is 1. The van der Waals surface area contributed by atoms with Crippen LogP contribution in [-0.2, 0) is 10.0 Å². The fraction of sp³-hybridized carbons (Fsp3) is 0.238. The second kappa shape index (κ2) is 9.87. The maximum Gasteiger partial charge on any atom is 0.281 e. The molecule has 2 aromatic carbocycles. The summed E-state index contributed by atoms with van der Waals surface area (Å²) in [6, 6.07) is 6.35. The zero-order chi connectivity index (χ0) is 24.5. The first-order valence-corrected chi connectivity index (χ1v) is 12.3. The molecule has 1 saturated heterocycles.